The number of carbonyl (C=O) groups excluding carboxylic acids is 1. The van der Waals surface area contributed by atoms with Crippen LogP contribution in [0.4, 0.5) is 5.82 Å². The van der Waals surface area contributed by atoms with Gasteiger partial charge < -0.3 is 11.1 Å². The summed E-state index contributed by atoms with van der Waals surface area (Å²) in [5.74, 6) is -0.286. The molecule has 1 aromatic heterocycles. The van der Waals surface area contributed by atoms with Crippen LogP contribution in [0.25, 0.3) is 0 Å². The molecule has 0 radical (unpaired) electrons. The lowest BCUT2D eigenvalue weighted by Crippen LogP contribution is -2.42. The third kappa shape index (κ3) is 3.67. The van der Waals surface area contributed by atoms with Crippen LogP contribution in [0.2, 0.25) is 0 Å². The number of anilines is 1. The normalized spacial score (nSPS) is 13.0. The van der Waals surface area contributed by atoms with Gasteiger partial charge in [-0.3, -0.25) is 4.79 Å². The van der Waals surface area contributed by atoms with Gasteiger partial charge in [-0.2, -0.15) is 4.72 Å². The van der Waals surface area contributed by atoms with Crippen molar-refractivity contribution in [3.8, 4) is 0 Å². The lowest BCUT2D eigenvalue weighted by atomic mass is 10.4. The molecule has 1 aromatic rings. The number of hydrogen-bond donors (Lipinski definition) is 3. The highest BCUT2D eigenvalue weighted by atomic mass is 32.2. The molecule has 0 saturated heterocycles. The Morgan fingerprint density at radius 3 is 2.78 bits per heavy atom. The first-order chi connectivity index (χ1) is 8.36. The zero-order valence-electron chi connectivity index (χ0n) is 10.2. The molecule has 0 aliphatic carbocycles. The third-order valence-electron chi connectivity index (χ3n) is 2.16. The fourth-order valence-electron chi connectivity index (χ4n) is 1.21. The Hall–Kier alpha value is -1.67. The number of hydrogen-bond acceptors (Lipinski definition) is 5. The van der Waals surface area contributed by atoms with Crippen LogP contribution in [0.3, 0.4) is 0 Å². The zero-order chi connectivity index (χ0) is 13.8. The molecule has 0 bridgehead atoms. The lowest BCUT2D eigenvalue weighted by molar-refractivity contribution is -0.119. The first kappa shape index (κ1) is 14.4. The number of nitrogens with two attached hydrogens (primary N) is 1. The summed E-state index contributed by atoms with van der Waals surface area (Å²) >= 11 is 0. The van der Waals surface area contributed by atoms with Gasteiger partial charge in [-0.15, -0.1) is 0 Å². The summed E-state index contributed by atoms with van der Waals surface area (Å²) in [4.78, 5) is 14.8. The van der Waals surface area contributed by atoms with Crippen LogP contribution < -0.4 is 15.8 Å². The summed E-state index contributed by atoms with van der Waals surface area (Å²) in [7, 11) is -3.78. The molecule has 0 fully saturated rings. The molecule has 1 unspecified atom stereocenters. The van der Waals surface area contributed by atoms with Gasteiger partial charge in [0.2, 0.25) is 15.9 Å². The smallest absolute Gasteiger partial charge is 0.241 e. The Labute approximate surface area is 106 Å². The molecule has 100 valence electrons. The summed E-state index contributed by atoms with van der Waals surface area (Å²) in [5.41, 5.74) is 5.01. The summed E-state index contributed by atoms with van der Waals surface area (Å²) in [6.07, 6.45) is 1.38. The highest BCUT2D eigenvalue weighted by Gasteiger charge is 2.20. The monoisotopic (exact) mass is 272 g/mol. The van der Waals surface area contributed by atoms with Crippen molar-refractivity contribution < 1.29 is 13.2 Å². The Kier molecular flexibility index (Phi) is 4.62. The van der Waals surface area contributed by atoms with E-state index in [1.54, 1.807) is 0 Å². The number of primary amides is 1. The summed E-state index contributed by atoms with van der Waals surface area (Å²) < 4.78 is 26.0. The summed E-state index contributed by atoms with van der Waals surface area (Å²) in [6, 6.07) is 1.77. The van der Waals surface area contributed by atoms with Crippen molar-refractivity contribution in [2.75, 3.05) is 11.9 Å². The van der Waals surface area contributed by atoms with Crippen molar-refractivity contribution in [3.05, 3.63) is 18.3 Å². The highest BCUT2D eigenvalue weighted by molar-refractivity contribution is 7.89. The average molecular weight is 272 g/mol. The van der Waals surface area contributed by atoms with Crippen LogP contribution in [0.5, 0.6) is 0 Å². The van der Waals surface area contributed by atoms with Gasteiger partial charge in [0.1, 0.15) is 5.82 Å². The molecule has 18 heavy (non-hydrogen) atoms. The second-order valence-electron chi connectivity index (χ2n) is 3.65. The van der Waals surface area contributed by atoms with Crippen LogP contribution in [0.15, 0.2) is 23.2 Å². The van der Waals surface area contributed by atoms with Crippen molar-refractivity contribution >= 4 is 21.7 Å². The van der Waals surface area contributed by atoms with Gasteiger partial charge in [-0.05, 0) is 19.9 Å². The van der Waals surface area contributed by atoms with E-state index in [2.05, 4.69) is 15.0 Å². The molecule has 4 N–H and O–H groups in total. The molecule has 0 aliphatic rings. The maximum Gasteiger partial charge on any atom is 0.241 e. The number of amides is 1. The molecule has 0 spiro atoms. The van der Waals surface area contributed by atoms with Crippen molar-refractivity contribution in [1.82, 2.24) is 9.71 Å². The van der Waals surface area contributed by atoms with E-state index < -0.39 is 22.0 Å². The van der Waals surface area contributed by atoms with E-state index in [1.807, 2.05) is 6.92 Å². The molecule has 1 amide bonds. The second-order valence-corrected chi connectivity index (χ2v) is 5.37. The number of rotatable bonds is 6. The minimum absolute atomic E-state index is 0.0292. The van der Waals surface area contributed by atoms with E-state index in [1.165, 1.54) is 25.3 Å². The highest BCUT2D eigenvalue weighted by Crippen LogP contribution is 2.12. The van der Waals surface area contributed by atoms with E-state index in [-0.39, 0.29) is 4.90 Å². The second kappa shape index (κ2) is 5.78. The van der Waals surface area contributed by atoms with Gasteiger partial charge in [-0.1, -0.05) is 0 Å². The van der Waals surface area contributed by atoms with Gasteiger partial charge in [0.15, 0.2) is 0 Å². The number of aromatic nitrogens is 1. The van der Waals surface area contributed by atoms with Crippen molar-refractivity contribution in [3.63, 3.8) is 0 Å². The standard InChI is InChI=1S/C10H16N4O3S/c1-3-12-9-6-8(4-5-13-9)18(16,17)14-7(2)10(11)15/h4-7,14H,3H2,1-2H3,(H2,11,15)(H,12,13). The van der Waals surface area contributed by atoms with E-state index in [4.69, 9.17) is 5.73 Å². The van der Waals surface area contributed by atoms with Gasteiger partial charge >= 0.3 is 0 Å². The maximum absolute atomic E-state index is 11.9. The summed E-state index contributed by atoms with van der Waals surface area (Å²) in [6.45, 7) is 3.88. The predicted molar refractivity (Wildman–Crippen MR) is 67.4 cm³/mol. The number of pyridine rings is 1. The van der Waals surface area contributed by atoms with E-state index in [0.29, 0.717) is 12.4 Å². The molecule has 0 aliphatic heterocycles. The topological polar surface area (TPSA) is 114 Å². The maximum atomic E-state index is 11.9. The molecular formula is C10H16N4O3S. The van der Waals surface area contributed by atoms with Crippen molar-refractivity contribution in [2.24, 2.45) is 5.73 Å². The number of nitrogens with zero attached hydrogens (tertiary/aromatic N) is 1. The SMILES string of the molecule is CCNc1cc(S(=O)(=O)NC(C)C(N)=O)ccn1. The first-order valence-electron chi connectivity index (χ1n) is 5.38. The molecule has 1 atom stereocenters. The van der Waals surface area contributed by atoms with E-state index in [9.17, 15) is 13.2 Å². The Balaban J connectivity index is 2.97. The van der Waals surface area contributed by atoms with Gasteiger partial charge in [0, 0.05) is 18.8 Å². The fourth-order valence-corrected chi connectivity index (χ4v) is 2.44. The van der Waals surface area contributed by atoms with E-state index >= 15 is 0 Å². The Morgan fingerprint density at radius 2 is 2.22 bits per heavy atom. The molecule has 1 heterocycles. The molecule has 7 nitrogen and oxygen atoms in total. The van der Waals surface area contributed by atoms with Crippen LogP contribution >= 0.6 is 0 Å². The molecule has 1 rings (SSSR count). The average Bonchev–Trinajstić information content (AvgIpc) is 2.29. The Bertz CT molecular complexity index is 530. The Morgan fingerprint density at radius 1 is 1.56 bits per heavy atom. The third-order valence-corrected chi connectivity index (χ3v) is 3.70. The minimum atomic E-state index is -3.78. The number of sulfonamides is 1. The van der Waals surface area contributed by atoms with Crippen LogP contribution in [0.1, 0.15) is 13.8 Å². The fraction of sp³-hybridized carbons (Fsp3) is 0.400. The van der Waals surface area contributed by atoms with Crippen LogP contribution in [-0.4, -0.2) is 31.9 Å². The molecule has 0 aromatic carbocycles. The quantitative estimate of drug-likeness (QED) is 0.656. The van der Waals surface area contributed by atoms with Gasteiger partial charge in [-0.25, -0.2) is 13.4 Å². The molecular weight excluding hydrogens is 256 g/mol. The summed E-state index contributed by atoms with van der Waals surface area (Å²) in [5, 5.41) is 2.90. The predicted octanol–water partition coefficient (Wildman–Crippen LogP) is -0.334. The molecule has 0 saturated carbocycles. The van der Waals surface area contributed by atoms with Crippen LogP contribution in [0, 0.1) is 0 Å². The number of carbonyl (C=O) groups is 1. The van der Waals surface area contributed by atoms with Crippen molar-refractivity contribution in [2.45, 2.75) is 24.8 Å². The minimum Gasteiger partial charge on any atom is -0.370 e. The largest absolute Gasteiger partial charge is 0.370 e. The molecule has 8 heteroatoms. The van der Waals surface area contributed by atoms with Gasteiger partial charge in [0.25, 0.3) is 0 Å². The van der Waals surface area contributed by atoms with E-state index in [0.717, 1.165) is 0 Å². The zero-order valence-corrected chi connectivity index (χ0v) is 11.0. The van der Waals surface area contributed by atoms with Gasteiger partial charge in [0.05, 0.1) is 10.9 Å². The van der Waals surface area contributed by atoms with Crippen molar-refractivity contribution in [1.29, 1.82) is 0 Å². The number of nitrogens with one attached hydrogen (secondary N) is 2. The van der Waals surface area contributed by atoms with Crippen LogP contribution in [-0.2, 0) is 14.8 Å². The first-order valence-corrected chi connectivity index (χ1v) is 6.86. The lowest BCUT2D eigenvalue weighted by Gasteiger charge is -2.11.